The Bertz CT molecular complexity index is 414. The average molecular weight is 541 g/mol. The topological polar surface area (TPSA) is 38.7 Å². The molecule has 0 amide bonds. The second kappa shape index (κ2) is 33.1. The summed E-state index contributed by atoms with van der Waals surface area (Å²) in [7, 11) is 0. The van der Waals surface area contributed by atoms with Crippen LogP contribution >= 0.6 is 0 Å². The normalized spacial score (nSPS) is 13.3. The van der Waals surface area contributed by atoms with Gasteiger partial charge in [0.25, 0.3) is 0 Å². The highest BCUT2D eigenvalue weighted by Gasteiger charge is 2.09. The molecule has 0 aliphatic heterocycles. The second-order valence-corrected chi connectivity index (χ2v) is 12.2. The zero-order valence-corrected chi connectivity index (χ0v) is 26.6. The van der Waals surface area contributed by atoms with E-state index in [-0.39, 0.29) is 12.7 Å². The van der Waals surface area contributed by atoms with E-state index in [9.17, 15) is 5.11 Å². The van der Waals surface area contributed by atoms with E-state index < -0.39 is 0 Å². The number of rotatable bonds is 33. The molecule has 38 heavy (non-hydrogen) atoms. The minimum Gasteiger partial charge on any atom is -0.394 e. The Morgan fingerprint density at radius 3 is 1.29 bits per heavy atom. The second-order valence-electron chi connectivity index (χ2n) is 12.2. The van der Waals surface area contributed by atoms with Crippen LogP contribution in [0.1, 0.15) is 188 Å². The van der Waals surface area contributed by atoms with Crippen LogP contribution in [0.3, 0.4) is 0 Å². The predicted octanol–water partition coefficient (Wildman–Crippen LogP) is 11.2. The van der Waals surface area contributed by atoms with Crippen molar-refractivity contribution in [1.82, 2.24) is 0 Å². The van der Waals surface area contributed by atoms with Gasteiger partial charge >= 0.3 is 0 Å². The molecule has 0 aromatic heterocycles. The summed E-state index contributed by atoms with van der Waals surface area (Å²) in [5.74, 6) is 0.708. The van der Waals surface area contributed by atoms with E-state index in [0.717, 1.165) is 26.1 Å². The third kappa shape index (κ3) is 30.4. The number of aliphatic hydroxyl groups is 1. The summed E-state index contributed by atoms with van der Waals surface area (Å²) in [6, 6.07) is 0. The molecule has 1 N–H and O–H groups in total. The van der Waals surface area contributed by atoms with E-state index in [1.807, 2.05) is 0 Å². The van der Waals surface area contributed by atoms with Crippen molar-refractivity contribution in [2.24, 2.45) is 5.92 Å². The Hall–Kier alpha value is -0.120. The minimum absolute atomic E-state index is 0.0611. The van der Waals surface area contributed by atoms with Gasteiger partial charge in [0.15, 0.2) is 0 Å². The highest BCUT2D eigenvalue weighted by molar-refractivity contribution is 4.58. The summed E-state index contributed by atoms with van der Waals surface area (Å²) in [6.07, 6.45) is 35.6. The van der Waals surface area contributed by atoms with Gasteiger partial charge in [0.05, 0.1) is 13.2 Å². The van der Waals surface area contributed by atoms with E-state index in [0.29, 0.717) is 12.5 Å². The van der Waals surface area contributed by atoms with Gasteiger partial charge in [-0.25, -0.2) is 0 Å². The van der Waals surface area contributed by atoms with Crippen LogP contribution in [0.2, 0.25) is 0 Å². The van der Waals surface area contributed by atoms with Gasteiger partial charge in [-0.15, -0.1) is 0 Å². The third-order valence-corrected chi connectivity index (χ3v) is 8.16. The average Bonchev–Trinajstić information content (AvgIpc) is 2.92. The highest BCUT2D eigenvalue weighted by Crippen LogP contribution is 2.17. The molecule has 0 saturated heterocycles. The first-order chi connectivity index (χ1) is 18.7. The maximum absolute atomic E-state index is 9.62. The van der Waals surface area contributed by atoms with Gasteiger partial charge in [0, 0.05) is 13.2 Å². The summed E-state index contributed by atoms with van der Waals surface area (Å²) < 4.78 is 11.7. The first kappa shape index (κ1) is 37.9. The molecular formula is C35H72O3. The Balaban J connectivity index is 3.38. The standard InChI is InChI=1S/C35H72O3/c1-4-6-8-10-12-14-16-17-19-21-23-25-27-30-37-33-35(32-36)38-31-29-34(3)28-26-24-22-20-18-15-13-11-9-7-5-2/h34-36H,4-33H2,1-3H3/t34-,35+/m0/s1. The van der Waals surface area contributed by atoms with Crippen LogP contribution in [0.25, 0.3) is 0 Å². The van der Waals surface area contributed by atoms with Gasteiger partial charge < -0.3 is 14.6 Å². The predicted molar refractivity (Wildman–Crippen MR) is 168 cm³/mol. The largest absolute Gasteiger partial charge is 0.394 e. The first-order valence-corrected chi connectivity index (χ1v) is 17.5. The van der Waals surface area contributed by atoms with Gasteiger partial charge in [-0.2, -0.15) is 0 Å². The summed E-state index contributed by atoms with van der Waals surface area (Å²) in [4.78, 5) is 0. The van der Waals surface area contributed by atoms with Gasteiger partial charge in [0.2, 0.25) is 0 Å². The molecule has 230 valence electrons. The van der Waals surface area contributed by atoms with Crippen LogP contribution in [0, 0.1) is 5.92 Å². The first-order valence-electron chi connectivity index (χ1n) is 17.5. The van der Waals surface area contributed by atoms with Gasteiger partial charge in [-0.3, -0.25) is 0 Å². The quantitative estimate of drug-likeness (QED) is 0.0841. The molecule has 0 rings (SSSR count). The zero-order chi connectivity index (χ0) is 27.8. The smallest absolute Gasteiger partial charge is 0.104 e. The molecule has 0 fully saturated rings. The lowest BCUT2D eigenvalue weighted by Crippen LogP contribution is -2.25. The van der Waals surface area contributed by atoms with Crippen LogP contribution in [0.4, 0.5) is 0 Å². The van der Waals surface area contributed by atoms with Crippen molar-refractivity contribution < 1.29 is 14.6 Å². The number of ether oxygens (including phenoxy) is 2. The summed E-state index contributed by atoms with van der Waals surface area (Å²) in [6.45, 7) is 9.05. The summed E-state index contributed by atoms with van der Waals surface area (Å²) >= 11 is 0. The molecule has 3 heteroatoms. The summed E-state index contributed by atoms with van der Waals surface area (Å²) in [5, 5.41) is 9.62. The Morgan fingerprint density at radius 1 is 0.474 bits per heavy atom. The third-order valence-electron chi connectivity index (χ3n) is 8.16. The lowest BCUT2D eigenvalue weighted by atomic mass is 9.99. The lowest BCUT2D eigenvalue weighted by molar-refractivity contribution is -0.0459. The molecule has 0 saturated carbocycles. The molecule has 0 bridgehead atoms. The van der Waals surface area contributed by atoms with Gasteiger partial charge in [0.1, 0.15) is 6.10 Å². The van der Waals surface area contributed by atoms with E-state index in [1.54, 1.807) is 0 Å². The molecular weight excluding hydrogens is 468 g/mol. The van der Waals surface area contributed by atoms with E-state index in [4.69, 9.17) is 9.47 Å². The van der Waals surface area contributed by atoms with Crippen molar-refractivity contribution in [3.8, 4) is 0 Å². The zero-order valence-electron chi connectivity index (χ0n) is 26.6. The molecule has 0 aromatic rings. The van der Waals surface area contributed by atoms with Crippen LogP contribution in [-0.4, -0.2) is 37.6 Å². The lowest BCUT2D eigenvalue weighted by Gasteiger charge is -2.17. The summed E-state index contributed by atoms with van der Waals surface area (Å²) in [5.41, 5.74) is 0. The maximum atomic E-state index is 9.62. The molecule has 0 aromatic carbocycles. The number of unbranched alkanes of at least 4 members (excludes halogenated alkanes) is 22. The number of hydrogen-bond acceptors (Lipinski definition) is 3. The van der Waals surface area contributed by atoms with Crippen LogP contribution in [-0.2, 0) is 9.47 Å². The number of hydrogen-bond donors (Lipinski definition) is 1. The van der Waals surface area contributed by atoms with Crippen molar-refractivity contribution in [3.63, 3.8) is 0 Å². The molecule has 0 aliphatic rings. The highest BCUT2D eigenvalue weighted by atomic mass is 16.5. The Kier molecular flexibility index (Phi) is 33.0. The van der Waals surface area contributed by atoms with Crippen LogP contribution in [0.5, 0.6) is 0 Å². The minimum atomic E-state index is -0.161. The molecule has 0 heterocycles. The van der Waals surface area contributed by atoms with Crippen molar-refractivity contribution >= 4 is 0 Å². The monoisotopic (exact) mass is 541 g/mol. The molecule has 0 aliphatic carbocycles. The molecule has 3 nitrogen and oxygen atoms in total. The van der Waals surface area contributed by atoms with E-state index in [2.05, 4.69) is 20.8 Å². The maximum Gasteiger partial charge on any atom is 0.104 e. The van der Waals surface area contributed by atoms with Crippen molar-refractivity contribution in [3.05, 3.63) is 0 Å². The Morgan fingerprint density at radius 2 is 0.868 bits per heavy atom. The molecule has 0 spiro atoms. The van der Waals surface area contributed by atoms with Crippen molar-refractivity contribution in [2.75, 3.05) is 26.4 Å². The fourth-order valence-electron chi connectivity index (χ4n) is 5.33. The van der Waals surface area contributed by atoms with Crippen molar-refractivity contribution in [1.29, 1.82) is 0 Å². The SMILES string of the molecule is CCCCCCCCCCCCCCCOC[C@@H](CO)OCC[C@@H](C)CCCCCCCCCCCCC. The number of aliphatic hydroxyl groups excluding tert-OH is 1. The molecule has 0 unspecified atom stereocenters. The van der Waals surface area contributed by atoms with Crippen LogP contribution < -0.4 is 0 Å². The fraction of sp³-hybridized carbons (Fsp3) is 1.00. The Labute approximate surface area is 240 Å². The van der Waals surface area contributed by atoms with Crippen LogP contribution in [0.15, 0.2) is 0 Å². The van der Waals surface area contributed by atoms with E-state index >= 15 is 0 Å². The fourth-order valence-corrected chi connectivity index (χ4v) is 5.33. The van der Waals surface area contributed by atoms with Gasteiger partial charge in [-0.1, -0.05) is 175 Å². The molecule has 0 radical (unpaired) electrons. The molecule has 2 atom stereocenters. The van der Waals surface area contributed by atoms with Gasteiger partial charge in [-0.05, 0) is 18.8 Å². The van der Waals surface area contributed by atoms with Crippen molar-refractivity contribution in [2.45, 2.75) is 194 Å². The van der Waals surface area contributed by atoms with E-state index in [1.165, 1.54) is 154 Å².